The van der Waals surface area contributed by atoms with Gasteiger partial charge >= 0.3 is 0 Å². The Morgan fingerprint density at radius 3 is 2.47 bits per heavy atom. The zero-order valence-electron chi connectivity index (χ0n) is 10.6. The molecule has 19 heavy (non-hydrogen) atoms. The average molecular weight is 250 g/mol. The molecule has 0 saturated carbocycles. The topological polar surface area (TPSA) is 41.5 Å². The number of carbonyl (C=O) groups excluding carboxylic acids is 1. The minimum Gasteiger partial charge on any atom is -0.324 e. The van der Waals surface area contributed by atoms with Gasteiger partial charge in [-0.1, -0.05) is 48.5 Å². The van der Waals surface area contributed by atoms with Gasteiger partial charge in [0.15, 0.2) is 0 Å². The number of benzodiazepines with no additional fused rings is 1. The van der Waals surface area contributed by atoms with Crippen LogP contribution in [0.2, 0.25) is 0 Å². The monoisotopic (exact) mass is 250 g/mol. The van der Waals surface area contributed by atoms with Crippen LogP contribution in [0.1, 0.15) is 18.1 Å². The Hall–Kier alpha value is -2.42. The van der Waals surface area contributed by atoms with Crippen molar-refractivity contribution in [3.8, 4) is 0 Å². The first kappa shape index (κ1) is 11.7. The lowest BCUT2D eigenvalue weighted by atomic mass is 10.0. The summed E-state index contributed by atoms with van der Waals surface area (Å²) in [5.41, 5.74) is 3.67. The van der Waals surface area contributed by atoms with E-state index in [9.17, 15) is 4.79 Å². The van der Waals surface area contributed by atoms with Gasteiger partial charge in [0.2, 0.25) is 5.91 Å². The lowest BCUT2D eigenvalue weighted by molar-refractivity contribution is -0.116. The van der Waals surface area contributed by atoms with Crippen LogP contribution < -0.4 is 5.32 Å². The Bertz CT molecular complexity index is 647. The zero-order chi connectivity index (χ0) is 13.2. The van der Waals surface area contributed by atoms with Crippen LogP contribution in [-0.2, 0) is 4.79 Å². The molecule has 0 fully saturated rings. The lowest BCUT2D eigenvalue weighted by Gasteiger charge is -2.09. The maximum absolute atomic E-state index is 11.9. The average Bonchev–Trinajstić information content (AvgIpc) is 2.58. The van der Waals surface area contributed by atoms with Crippen molar-refractivity contribution in [3.05, 3.63) is 65.7 Å². The van der Waals surface area contributed by atoms with Crippen molar-refractivity contribution in [2.45, 2.75) is 13.0 Å². The fourth-order valence-corrected chi connectivity index (χ4v) is 2.18. The number of fused-ring (bicyclic) bond motifs is 1. The highest BCUT2D eigenvalue weighted by Crippen LogP contribution is 2.23. The first-order valence-corrected chi connectivity index (χ1v) is 6.29. The number of hydrogen-bond donors (Lipinski definition) is 1. The van der Waals surface area contributed by atoms with E-state index in [-0.39, 0.29) is 11.9 Å². The lowest BCUT2D eigenvalue weighted by Crippen LogP contribution is -2.22. The molecule has 0 saturated heterocycles. The van der Waals surface area contributed by atoms with E-state index in [1.165, 1.54) is 0 Å². The van der Waals surface area contributed by atoms with Gasteiger partial charge in [0.1, 0.15) is 6.04 Å². The van der Waals surface area contributed by atoms with Crippen molar-refractivity contribution < 1.29 is 4.79 Å². The first-order chi connectivity index (χ1) is 9.25. The molecule has 0 spiro atoms. The quantitative estimate of drug-likeness (QED) is 0.830. The van der Waals surface area contributed by atoms with Gasteiger partial charge in [0.05, 0.1) is 11.4 Å². The van der Waals surface area contributed by atoms with E-state index < -0.39 is 0 Å². The molecule has 0 aliphatic carbocycles. The summed E-state index contributed by atoms with van der Waals surface area (Å²) in [6.07, 6.45) is 0. The Balaban J connectivity index is 2.21. The van der Waals surface area contributed by atoms with Crippen LogP contribution >= 0.6 is 0 Å². The second-order valence-corrected chi connectivity index (χ2v) is 4.55. The smallest absolute Gasteiger partial charge is 0.248 e. The molecule has 0 unspecified atom stereocenters. The molecule has 2 aromatic rings. The summed E-state index contributed by atoms with van der Waals surface area (Å²) in [6, 6.07) is 17.3. The predicted molar refractivity (Wildman–Crippen MR) is 76.6 cm³/mol. The van der Waals surface area contributed by atoms with Crippen LogP contribution in [0.25, 0.3) is 0 Å². The highest BCUT2D eigenvalue weighted by Gasteiger charge is 2.21. The highest BCUT2D eigenvalue weighted by atomic mass is 16.2. The van der Waals surface area contributed by atoms with E-state index in [0.717, 1.165) is 22.5 Å². The van der Waals surface area contributed by atoms with E-state index in [0.29, 0.717) is 0 Å². The molecule has 3 rings (SSSR count). The van der Waals surface area contributed by atoms with Crippen LogP contribution in [-0.4, -0.2) is 17.7 Å². The van der Waals surface area contributed by atoms with Gasteiger partial charge in [-0.05, 0) is 13.0 Å². The van der Waals surface area contributed by atoms with Crippen LogP contribution in [0.15, 0.2) is 59.6 Å². The summed E-state index contributed by atoms with van der Waals surface area (Å²) in [4.78, 5) is 16.5. The molecule has 0 aromatic heterocycles. The van der Waals surface area contributed by atoms with E-state index in [1.807, 2.05) is 61.5 Å². The van der Waals surface area contributed by atoms with E-state index in [1.54, 1.807) is 0 Å². The standard InChI is InChI=1S/C16H14N2O/c1-11-16(19)18-14-10-6-5-9-13(14)15(17-11)12-7-3-2-4-8-12/h2-11H,1H3,(H,18,19)/t11-/m1/s1. The van der Waals surface area contributed by atoms with Crippen molar-refractivity contribution in [1.82, 2.24) is 0 Å². The summed E-state index contributed by atoms with van der Waals surface area (Å²) in [5, 5.41) is 2.92. The van der Waals surface area contributed by atoms with Gasteiger partial charge in [0, 0.05) is 11.1 Å². The molecule has 1 N–H and O–H groups in total. The molecule has 1 aliphatic rings. The third kappa shape index (κ3) is 2.15. The van der Waals surface area contributed by atoms with E-state index in [2.05, 4.69) is 10.3 Å². The fraction of sp³-hybridized carbons (Fsp3) is 0.125. The third-order valence-electron chi connectivity index (χ3n) is 3.19. The second-order valence-electron chi connectivity index (χ2n) is 4.55. The van der Waals surface area contributed by atoms with Crippen LogP contribution in [0.5, 0.6) is 0 Å². The largest absolute Gasteiger partial charge is 0.324 e. The second kappa shape index (κ2) is 4.69. The third-order valence-corrected chi connectivity index (χ3v) is 3.19. The number of para-hydroxylation sites is 1. The number of hydrogen-bond acceptors (Lipinski definition) is 2. The minimum absolute atomic E-state index is 0.0709. The molecule has 1 atom stereocenters. The van der Waals surface area contributed by atoms with Gasteiger partial charge < -0.3 is 5.32 Å². The number of nitrogens with zero attached hydrogens (tertiary/aromatic N) is 1. The number of nitrogens with one attached hydrogen (secondary N) is 1. The van der Waals surface area contributed by atoms with E-state index >= 15 is 0 Å². The maximum Gasteiger partial charge on any atom is 0.248 e. The number of anilines is 1. The molecule has 2 aromatic carbocycles. The fourth-order valence-electron chi connectivity index (χ4n) is 2.18. The van der Waals surface area contributed by atoms with E-state index in [4.69, 9.17) is 0 Å². The van der Waals surface area contributed by atoms with Gasteiger partial charge in [-0.15, -0.1) is 0 Å². The van der Waals surface area contributed by atoms with Crippen LogP contribution in [0.3, 0.4) is 0 Å². The highest BCUT2D eigenvalue weighted by molar-refractivity contribution is 6.19. The minimum atomic E-state index is -0.386. The number of rotatable bonds is 1. The van der Waals surface area contributed by atoms with Crippen molar-refractivity contribution in [2.75, 3.05) is 5.32 Å². The predicted octanol–water partition coefficient (Wildman–Crippen LogP) is 2.86. The van der Waals surface area contributed by atoms with Crippen molar-refractivity contribution in [2.24, 2.45) is 4.99 Å². The van der Waals surface area contributed by atoms with Crippen molar-refractivity contribution >= 4 is 17.3 Å². The molecule has 94 valence electrons. The van der Waals surface area contributed by atoms with Crippen molar-refractivity contribution in [3.63, 3.8) is 0 Å². The Morgan fingerprint density at radius 1 is 1.00 bits per heavy atom. The summed E-state index contributed by atoms with van der Waals surface area (Å²) >= 11 is 0. The summed E-state index contributed by atoms with van der Waals surface area (Å²) in [5.74, 6) is -0.0709. The molecular formula is C16H14N2O. The molecule has 1 heterocycles. The number of carbonyl (C=O) groups is 1. The summed E-state index contributed by atoms with van der Waals surface area (Å²) in [6.45, 7) is 1.81. The van der Waals surface area contributed by atoms with Gasteiger partial charge in [-0.3, -0.25) is 9.79 Å². The van der Waals surface area contributed by atoms with Crippen molar-refractivity contribution in [1.29, 1.82) is 0 Å². The molecule has 1 aliphatic heterocycles. The molecule has 0 bridgehead atoms. The van der Waals surface area contributed by atoms with Gasteiger partial charge in [-0.2, -0.15) is 0 Å². The normalized spacial score (nSPS) is 18.1. The Labute approximate surface area is 112 Å². The molecule has 3 heteroatoms. The van der Waals surface area contributed by atoms with Crippen LogP contribution in [0.4, 0.5) is 5.69 Å². The number of aliphatic imine (C=N–C) groups is 1. The first-order valence-electron chi connectivity index (χ1n) is 6.29. The van der Waals surface area contributed by atoms with Crippen LogP contribution in [0, 0.1) is 0 Å². The number of benzene rings is 2. The molecule has 3 nitrogen and oxygen atoms in total. The zero-order valence-corrected chi connectivity index (χ0v) is 10.6. The molecule has 0 radical (unpaired) electrons. The Kier molecular flexibility index (Phi) is 2.88. The summed E-state index contributed by atoms with van der Waals surface area (Å²) in [7, 11) is 0. The van der Waals surface area contributed by atoms with Gasteiger partial charge in [0.25, 0.3) is 0 Å². The summed E-state index contributed by atoms with van der Waals surface area (Å²) < 4.78 is 0. The SMILES string of the molecule is C[C@H]1N=C(c2ccccc2)c2ccccc2NC1=O. The maximum atomic E-state index is 11.9. The van der Waals surface area contributed by atoms with Gasteiger partial charge in [-0.25, -0.2) is 0 Å². The number of amides is 1. The molecule has 1 amide bonds. The Morgan fingerprint density at radius 2 is 1.68 bits per heavy atom. The molecular weight excluding hydrogens is 236 g/mol.